The average Bonchev–Trinajstić information content (AvgIpc) is 3.05. The van der Waals surface area contributed by atoms with Crippen LogP contribution in [0, 0.1) is 5.82 Å². The summed E-state index contributed by atoms with van der Waals surface area (Å²) in [6.45, 7) is 0.0444. The standard InChI is InChI=1S/C20H14ClFN2O/c21-15-7-5-8-16(22)14(15)12-25-19-11-4-1-6-13(19)20-23-17-9-2-3-10-18(17)24-20/h1-11H,12H2,(H,23,24). The third kappa shape index (κ3) is 3.08. The molecule has 0 aliphatic rings. The van der Waals surface area contributed by atoms with Crippen molar-refractivity contribution in [3.8, 4) is 17.1 Å². The number of aromatic amines is 1. The van der Waals surface area contributed by atoms with Crippen molar-refractivity contribution in [3.63, 3.8) is 0 Å². The number of hydrogen-bond donors (Lipinski definition) is 1. The Morgan fingerprint density at radius 1 is 0.960 bits per heavy atom. The van der Waals surface area contributed by atoms with Crippen LogP contribution in [0.1, 0.15) is 5.56 Å². The largest absolute Gasteiger partial charge is 0.488 e. The molecule has 0 bridgehead atoms. The second-order valence-corrected chi connectivity index (χ2v) is 5.99. The fourth-order valence-electron chi connectivity index (χ4n) is 2.69. The summed E-state index contributed by atoms with van der Waals surface area (Å²) in [4.78, 5) is 7.88. The molecule has 0 radical (unpaired) electrons. The van der Waals surface area contributed by atoms with Crippen LogP contribution in [0.25, 0.3) is 22.4 Å². The molecule has 0 amide bonds. The van der Waals surface area contributed by atoms with Gasteiger partial charge in [0.25, 0.3) is 0 Å². The minimum Gasteiger partial charge on any atom is -0.488 e. The van der Waals surface area contributed by atoms with E-state index in [2.05, 4.69) is 9.97 Å². The molecule has 4 rings (SSSR count). The summed E-state index contributed by atoms with van der Waals surface area (Å²) >= 11 is 6.07. The number of imidazole rings is 1. The zero-order valence-corrected chi connectivity index (χ0v) is 13.9. The predicted molar refractivity (Wildman–Crippen MR) is 97.3 cm³/mol. The van der Waals surface area contributed by atoms with Crippen LogP contribution in [0.15, 0.2) is 66.7 Å². The van der Waals surface area contributed by atoms with Gasteiger partial charge in [-0.3, -0.25) is 0 Å². The fourth-order valence-corrected chi connectivity index (χ4v) is 2.91. The van der Waals surface area contributed by atoms with E-state index in [1.165, 1.54) is 6.07 Å². The number of halogens is 2. The van der Waals surface area contributed by atoms with Crippen molar-refractivity contribution < 1.29 is 9.13 Å². The number of rotatable bonds is 4. The van der Waals surface area contributed by atoms with Crippen LogP contribution < -0.4 is 4.74 Å². The van der Waals surface area contributed by atoms with Crippen molar-refractivity contribution in [2.45, 2.75) is 6.61 Å². The molecule has 3 nitrogen and oxygen atoms in total. The molecule has 1 N–H and O–H groups in total. The summed E-state index contributed by atoms with van der Waals surface area (Å²) in [5, 5.41) is 0.348. The molecule has 0 aliphatic carbocycles. The highest BCUT2D eigenvalue weighted by Gasteiger charge is 2.13. The molecule has 5 heteroatoms. The van der Waals surface area contributed by atoms with Gasteiger partial charge in [0.05, 0.1) is 21.6 Å². The number of nitrogens with zero attached hydrogens (tertiary/aromatic N) is 1. The molecule has 25 heavy (non-hydrogen) atoms. The smallest absolute Gasteiger partial charge is 0.142 e. The van der Waals surface area contributed by atoms with E-state index in [1.54, 1.807) is 12.1 Å². The SMILES string of the molecule is Fc1cccc(Cl)c1COc1ccccc1-c1nc2ccccc2[nH]1. The molecule has 1 aromatic heterocycles. The first-order valence-corrected chi connectivity index (χ1v) is 8.20. The van der Waals surface area contributed by atoms with Gasteiger partial charge >= 0.3 is 0 Å². The van der Waals surface area contributed by atoms with E-state index in [4.69, 9.17) is 16.3 Å². The molecule has 0 atom stereocenters. The number of aromatic nitrogens is 2. The maximum atomic E-state index is 13.9. The highest BCUT2D eigenvalue weighted by molar-refractivity contribution is 6.31. The van der Waals surface area contributed by atoms with Crippen molar-refractivity contribution in [1.29, 1.82) is 0 Å². The van der Waals surface area contributed by atoms with E-state index in [0.717, 1.165) is 16.6 Å². The molecule has 124 valence electrons. The van der Waals surface area contributed by atoms with E-state index >= 15 is 0 Å². The lowest BCUT2D eigenvalue weighted by Gasteiger charge is -2.11. The van der Waals surface area contributed by atoms with Crippen LogP contribution in [0.2, 0.25) is 5.02 Å². The van der Waals surface area contributed by atoms with Gasteiger partial charge in [-0.25, -0.2) is 9.37 Å². The lowest BCUT2D eigenvalue weighted by molar-refractivity contribution is 0.301. The Morgan fingerprint density at radius 3 is 2.60 bits per heavy atom. The Morgan fingerprint density at radius 2 is 1.76 bits per heavy atom. The molecule has 1 heterocycles. The maximum absolute atomic E-state index is 13.9. The van der Waals surface area contributed by atoms with Crippen molar-refractivity contribution >= 4 is 22.6 Å². The average molecular weight is 353 g/mol. The van der Waals surface area contributed by atoms with Gasteiger partial charge in [0, 0.05) is 5.56 Å². The van der Waals surface area contributed by atoms with Gasteiger partial charge in [0.15, 0.2) is 0 Å². The maximum Gasteiger partial charge on any atom is 0.142 e. The zero-order chi connectivity index (χ0) is 17.2. The number of para-hydroxylation sites is 3. The monoisotopic (exact) mass is 352 g/mol. The Bertz CT molecular complexity index is 991. The van der Waals surface area contributed by atoms with Crippen molar-refractivity contribution in [2.24, 2.45) is 0 Å². The zero-order valence-electron chi connectivity index (χ0n) is 13.2. The molecule has 3 aromatic carbocycles. The number of nitrogens with one attached hydrogen (secondary N) is 1. The van der Waals surface area contributed by atoms with E-state index in [-0.39, 0.29) is 12.4 Å². The molecular formula is C20H14ClFN2O. The van der Waals surface area contributed by atoms with Crippen LogP contribution in [-0.2, 0) is 6.61 Å². The van der Waals surface area contributed by atoms with Gasteiger partial charge < -0.3 is 9.72 Å². The third-order valence-electron chi connectivity index (χ3n) is 3.97. The van der Waals surface area contributed by atoms with Crippen LogP contribution >= 0.6 is 11.6 Å². The van der Waals surface area contributed by atoms with E-state index in [1.807, 2.05) is 48.5 Å². The number of ether oxygens (including phenoxy) is 1. The first-order valence-electron chi connectivity index (χ1n) is 7.82. The Labute approximate surface area is 149 Å². The Balaban J connectivity index is 1.67. The number of benzene rings is 3. The van der Waals surface area contributed by atoms with Crippen LogP contribution in [0.5, 0.6) is 5.75 Å². The molecular weight excluding hydrogens is 339 g/mol. The van der Waals surface area contributed by atoms with Gasteiger partial charge in [-0.2, -0.15) is 0 Å². The van der Waals surface area contributed by atoms with Crippen LogP contribution in [-0.4, -0.2) is 9.97 Å². The first-order chi connectivity index (χ1) is 12.2. The minimum atomic E-state index is -0.381. The lowest BCUT2D eigenvalue weighted by atomic mass is 10.2. The highest BCUT2D eigenvalue weighted by Crippen LogP contribution is 2.30. The third-order valence-corrected chi connectivity index (χ3v) is 4.32. The molecule has 4 aromatic rings. The van der Waals surface area contributed by atoms with E-state index in [0.29, 0.717) is 22.2 Å². The minimum absolute atomic E-state index is 0.0444. The molecule has 0 fully saturated rings. The van der Waals surface area contributed by atoms with E-state index in [9.17, 15) is 4.39 Å². The Hall–Kier alpha value is -2.85. The van der Waals surface area contributed by atoms with Crippen LogP contribution in [0.4, 0.5) is 4.39 Å². The van der Waals surface area contributed by atoms with Crippen molar-refractivity contribution in [2.75, 3.05) is 0 Å². The molecule has 0 aliphatic heterocycles. The summed E-state index contributed by atoms with van der Waals surface area (Å²) in [6.07, 6.45) is 0. The highest BCUT2D eigenvalue weighted by atomic mass is 35.5. The summed E-state index contributed by atoms with van der Waals surface area (Å²) in [7, 11) is 0. The first kappa shape index (κ1) is 15.7. The quantitative estimate of drug-likeness (QED) is 0.519. The van der Waals surface area contributed by atoms with Gasteiger partial charge in [-0.1, -0.05) is 41.9 Å². The molecule has 0 unspecified atom stereocenters. The van der Waals surface area contributed by atoms with Gasteiger partial charge in [-0.05, 0) is 36.4 Å². The van der Waals surface area contributed by atoms with Crippen LogP contribution in [0.3, 0.4) is 0 Å². The topological polar surface area (TPSA) is 37.9 Å². The number of H-pyrrole nitrogens is 1. The van der Waals surface area contributed by atoms with Gasteiger partial charge in [-0.15, -0.1) is 0 Å². The predicted octanol–water partition coefficient (Wildman–Crippen LogP) is 5.60. The normalized spacial score (nSPS) is 11.0. The number of fused-ring (bicyclic) bond motifs is 1. The van der Waals surface area contributed by atoms with Crippen molar-refractivity contribution in [1.82, 2.24) is 9.97 Å². The fraction of sp³-hybridized carbons (Fsp3) is 0.0500. The summed E-state index contributed by atoms with van der Waals surface area (Å²) in [5.41, 5.74) is 2.98. The lowest BCUT2D eigenvalue weighted by Crippen LogP contribution is -2.00. The number of hydrogen-bond acceptors (Lipinski definition) is 2. The summed E-state index contributed by atoms with van der Waals surface area (Å²) < 4.78 is 19.8. The molecule has 0 saturated heterocycles. The second-order valence-electron chi connectivity index (χ2n) is 5.59. The molecule has 0 spiro atoms. The molecule has 0 saturated carbocycles. The van der Waals surface area contributed by atoms with Gasteiger partial charge in [0.2, 0.25) is 0 Å². The summed E-state index contributed by atoms with van der Waals surface area (Å²) in [6, 6.07) is 19.9. The Kier molecular flexibility index (Phi) is 4.12. The van der Waals surface area contributed by atoms with Crippen molar-refractivity contribution in [3.05, 3.63) is 83.1 Å². The van der Waals surface area contributed by atoms with Gasteiger partial charge in [0.1, 0.15) is 24.0 Å². The van der Waals surface area contributed by atoms with E-state index < -0.39 is 0 Å². The summed E-state index contributed by atoms with van der Waals surface area (Å²) in [5.74, 6) is 0.936. The second kappa shape index (κ2) is 6.57.